The van der Waals surface area contributed by atoms with E-state index in [1.165, 1.54) is 12.1 Å². The van der Waals surface area contributed by atoms with Gasteiger partial charge in [-0.1, -0.05) is 0 Å². The molecule has 0 saturated carbocycles. The van der Waals surface area contributed by atoms with Crippen LogP contribution < -0.4 is 5.32 Å². The van der Waals surface area contributed by atoms with Gasteiger partial charge >= 0.3 is 5.97 Å². The molecule has 0 bridgehead atoms. The van der Waals surface area contributed by atoms with E-state index in [0.717, 1.165) is 6.07 Å². The fraction of sp³-hybridized carbons (Fsp3) is 0.222. The van der Waals surface area contributed by atoms with E-state index in [4.69, 9.17) is 5.11 Å². The number of nitro groups is 1. The number of rotatable bonds is 5. The van der Waals surface area contributed by atoms with Crippen LogP contribution in [0.15, 0.2) is 18.2 Å². The molecule has 0 spiro atoms. The van der Waals surface area contributed by atoms with Crippen molar-refractivity contribution in [3.8, 4) is 0 Å². The molecule has 0 aliphatic heterocycles. The third-order valence-corrected chi connectivity index (χ3v) is 1.85. The van der Waals surface area contributed by atoms with Crippen LogP contribution in [0, 0.1) is 10.1 Å². The van der Waals surface area contributed by atoms with E-state index in [9.17, 15) is 19.3 Å². The third kappa shape index (κ3) is 2.66. The van der Waals surface area contributed by atoms with Crippen molar-refractivity contribution in [2.24, 2.45) is 0 Å². The number of alkyl halides is 1. The highest BCUT2D eigenvalue weighted by molar-refractivity contribution is 5.89. The maximum atomic E-state index is 11.9. The third-order valence-electron chi connectivity index (χ3n) is 1.85. The van der Waals surface area contributed by atoms with E-state index in [1.807, 2.05) is 0 Å². The Kier molecular flexibility index (Phi) is 3.76. The van der Waals surface area contributed by atoms with E-state index >= 15 is 0 Å². The maximum Gasteiger partial charge on any atom is 0.335 e. The minimum Gasteiger partial charge on any atom is -0.478 e. The van der Waals surface area contributed by atoms with Crippen molar-refractivity contribution >= 4 is 17.3 Å². The van der Waals surface area contributed by atoms with Gasteiger partial charge in [0.2, 0.25) is 0 Å². The van der Waals surface area contributed by atoms with E-state index in [1.54, 1.807) is 0 Å². The first kappa shape index (κ1) is 11.9. The molecule has 0 aliphatic rings. The van der Waals surface area contributed by atoms with Crippen molar-refractivity contribution in [3.63, 3.8) is 0 Å². The van der Waals surface area contributed by atoms with Crippen molar-refractivity contribution in [2.45, 2.75) is 0 Å². The molecular formula is C9H9FN2O4. The first-order chi connectivity index (χ1) is 7.56. The molecule has 1 aromatic carbocycles. The first-order valence-electron chi connectivity index (χ1n) is 4.38. The molecule has 0 fully saturated rings. The second-order valence-electron chi connectivity index (χ2n) is 2.91. The van der Waals surface area contributed by atoms with Crippen molar-refractivity contribution in [1.82, 2.24) is 0 Å². The maximum absolute atomic E-state index is 11.9. The van der Waals surface area contributed by atoms with E-state index in [-0.39, 0.29) is 23.5 Å². The van der Waals surface area contributed by atoms with Gasteiger partial charge in [-0.15, -0.1) is 0 Å². The summed E-state index contributed by atoms with van der Waals surface area (Å²) < 4.78 is 11.9. The second kappa shape index (κ2) is 5.06. The Morgan fingerprint density at radius 2 is 2.25 bits per heavy atom. The molecule has 2 N–H and O–H groups in total. The quantitative estimate of drug-likeness (QED) is 0.590. The Balaban J connectivity index is 3.09. The van der Waals surface area contributed by atoms with Crippen molar-refractivity contribution in [2.75, 3.05) is 18.5 Å². The molecule has 0 heterocycles. The lowest BCUT2D eigenvalue weighted by molar-refractivity contribution is -0.384. The number of aromatic carboxylic acids is 1. The van der Waals surface area contributed by atoms with Crippen LogP contribution in [0.2, 0.25) is 0 Å². The molecule has 0 aromatic heterocycles. The predicted octanol–water partition coefficient (Wildman–Crippen LogP) is 1.67. The largest absolute Gasteiger partial charge is 0.478 e. The van der Waals surface area contributed by atoms with Gasteiger partial charge in [0.05, 0.1) is 10.5 Å². The number of anilines is 1. The molecule has 1 rings (SSSR count). The number of nitro benzene ring substituents is 1. The topological polar surface area (TPSA) is 92.5 Å². The SMILES string of the molecule is O=C(O)c1ccc(NCCF)c([N+](=O)[O-])c1. The number of nitrogens with zero attached hydrogens (tertiary/aromatic N) is 1. The highest BCUT2D eigenvalue weighted by Gasteiger charge is 2.16. The number of halogens is 1. The van der Waals surface area contributed by atoms with E-state index in [2.05, 4.69) is 5.32 Å². The average Bonchev–Trinajstić information content (AvgIpc) is 2.25. The summed E-state index contributed by atoms with van der Waals surface area (Å²) >= 11 is 0. The zero-order valence-corrected chi connectivity index (χ0v) is 8.14. The standard InChI is InChI=1S/C9H9FN2O4/c10-3-4-11-7-2-1-6(9(13)14)5-8(7)12(15)16/h1-2,5,11H,3-4H2,(H,13,14). The number of nitrogens with one attached hydrogen (secondary N) is 1. The normalized spacial score (nSPS) is 9.81. The predicted molar refractivity (Wildman–Crippen MR) is 54.5 cm³/mol. The molecule has 0 aliphatic carbocycles. The van der Waals surface area contributed by atoms with E-state index in [0.29, 0.717) is 0 Å². The Labute approximate surface area is 89.9 Å². The number of hydrogen-bond donors (Lipinski definition) is 2. The highest BCUT2D eigenvalue weighted by Crippen LogP contribution is 2.25. The number of hydrogen-bond acceptors (Lipinski definition) is 4. The second-order valence-corrected chi connectivity index (χ2v) is 2.91. The van der Waals surface area contributed by atoms with Gasteiger partial charge in [-0.3, -0.25) is 10.1 Å². The smallest absolute Gasteiger partial charge is 0.335 e. The van der Waals surface area contributed by atoms with Gasteiger partial charge in [-0.25, -0.2) is 9.18 Å². The van der Waals surface area contributed by atoms with Gasteiger partial charge < -0.3 is 10.4 Å². The molecule has 6 nitrogen and oxygen atoms in total. The minimum atomic E-state index is -1.25. The average molecular weight is 228 g/mol. The van der Waals surface area contributed by atoms with E-state index < -0.39 is 17.6 Å². The lowest BCUT2D eigenvalue weighted by Gasteiger charge is -2.05. The summed E-state index contributed by atoms with van der Waals surface area (Å²) in [6.45, 7) is -0.731. The fourth-order valence-electron chi connectivity index (χ4n) is 1.15. The highest BCUT2D eigenvalue weighted by atomic mass is 19.1. The number of carboxylic acids is 1. The summed E-state index contributed by atoms with van der Waals surface area (Å²) in [7, 11) is 0. The monoisotopic (exact) mass is 228 g/mol. The molecular weight excluding hydrogens is 219 g/mol. The van der Waals surface area contributed by atoms with Crippen LogP contribution >= 0.6 is 0 Å². The van der Waals surface area contributed by atoms with Gasteiger partial charge in [0, 0.05) is 12.6 Å². The zero-order chi connectivity index (χ0) is 12.1. The lowest BCUT2D eigenvalue weighted by atomic mass is 10.1. The molecule has 0 saturated heterocycles. The number of carboxylic acid groups (broad SMARTS) is 1. The summed E-state index contributed by atoms with van der Waals surface area (Å²) in [4.78, 5) is 20.5. The van der Waals surface area contributed by atoms with Crippen LogP contribution in [0.1, 0.15) is 10.4 Å². The molecule has 0 amide bonds. The Morgan fingerprint density at radius 3 is 2.75 bits per heavy atom. The van der Waals surface area contributed by atoms with Crippen molar-refractivity contribution < 1.29 is 19.2 Å². The van der Waals surface area contributed by atoms with Crippen molar-refractivity contribution in [1.29, 1.82) is 0 Å². The summed E-state index contributed by atoms with van der Waals surface area (Å²) in [5.41, 5.74) is -0.460. The molecule has 86 valence electrons. The van der Waals surface area contributed by atoms with Crippen LogP contribution in [-0.2, 0) is 0 Å². The molecule has 16 heavy (non-hydrogen) atoms. The van der Waals surface area contributed by atoms with Crippen molar-refractivity contribution in [3.05, 3.63) is 33.9 Å². The van der Waals surface area contributed by atoms with Crippen LogP contribution in [-0.4, -0.2) is 29.2 Å². The molecule has 0 unspecified atom stereocenters. The fourth-order valence-corrected chi connectivity index (χ4v) is 1.15. The number of carbonyl (C=O) groups is 1. The van der Waals surface area contributed by atoms with Crippen LogP contribution in [0.25, 0.3) is 0 Å². The van der Waals surface area contributed by atoms with Gasteiger partial charge in [-0.05, 0) is 12.1 Å². The summed E-state index contributed by atoms with van der Waals surface area (Å²) in [5, 5.41) is 21.8. The van der Waals surface area contributed by atoms with Gasteiger partial charge in [0.15, 0.2) is 0 Å². The lowest BCUT2D eigenvalue weighted by Crippen LogP contribution is -2.07. The van der Waals surface area contributed by atoms with Gasteiger partial charge in [0.25, 0.3) is 5.69 Å². The van der Waals surface area contributed by atoms with Crippen LogP contribution in [0.3, 0.4) is 0 Å². The Bertz CT molecular complexity index is 422. The van der Waals surface area contributed by atoms with Crippen LogP contribution in [0.5, 0.6) is 0 Å². The summed E-state index contributed by atoms with van der Waals surface area (Å²) in [6.07, 6.45) is 0. The van der Waals surface area contributed by atoms with Gasteiger partial charge in [-0.2, -0.15) is 0 Å². The summed E-state index contributed by atoms with van der Waals surface area (Å²) in [5.74, 6) is -1.25. The molecule has 0 atom stereocenters. The molecule has 0 radical (unpaired) electrons. The molecule has 7 heteroatoms. The summed E-state index contributed by atoms with van der Waals surface area (Å²) in [6, 6.07) is 3.40. The zero-order valence-electron chi connectivity index (χ0n) is 8.14. The van der Waals surface area contributed by atoms with Crippen LogP contribution in [0.4, 0.5) is 15.8 Å². The number of benzene rings is 1. The minimum absolute atomic E-state index is 0.0622. The first-order valence-corrected chi connectivity index (χ1v) is 4.38. The van der Waals surface area contributed by atoms with Gasteiger partial charge in [0.1, 0.15) is 12.4 Å². The Hall–Kier alpha value is -2.18. The molecule has 1 aromatic rings. The Morgan fingerprint density at radius 1 is 1.56 bits per heavy atom.